The van der Waals surface area contributed by atoms with Gasteiger partial charge in [-0.1, -0.05) is 15.9 Å². The van der Waals surface area contributed by atoms with Crippen molar-refractivity contribution in [1.82, 2.24) is 0 Å². The first-order chi connectivity index (χ1) is 8.15. The van der Waals surface area contributed by atoms with Crippen LogP contribution in [0.15, 0.2) is 45.5 Å². The summed E-state index contributed by atoms with van der Waals surface area (Å²) in [6.07, 6.45) is 1.81. The molecule has 4 heteroatoms. The summed E-state index contributed by atoms with van der Waals surface area (Å²) in [5.74, 6) is 0.581. The number of furan rings is 1. The van der Waals surface area contributed by atoms with Crippen molar-refractivity contribution in [2.45, 2.75) is 13.3 Å². The summed E-state index contributed by atoms with van der Waals surface area (Å²) in [6, 6.07) is 9.25. The molecule has 2 aromatic rings. The highest BCUT2D eigenvalue weighted by atomic mass is 79.9. The Balaban J connectivity index is 2.00. The molecule has 0 aliphatic carbocycles. The fourth-order valence-electron chi connectivity index (χ4n) is 1.50. The minimum atomic E-state index is -0.0818. The summed E-state index contributed by atoms with van der Waals surface area (Å²) in [4.78, 5) is 11.7. The third kappa shape index (κ3) is 3.20. The molecule has 0 saturated carbocycles. The second-order valence-corrected chi connectivity index (χ2v) is 4.62. The highest BCUT2D eigenvalue weighted by molar-refractivity contribution is 9.10. The Labute approximate surface area is 108 Å². The Morgan fingerprint density at radius 3 is 2.88 bits per heavy atom. The van der Waals surface area contributed by atoms with E-state index < -0.39 is 0 Å². The molecule has 0 aliphatic heterocycles. The van der Waals surface area contributed by atoms with Gasteiger partial charge in [0.1, 0.15) is 5.76 Å². The van der Waals surface area contributed by atoms with Crippen LogP contribution in [0.2, 0.25) is 0 Å². The van der Waals surface area contributed by atoms with Crippen LogP contribution in [0.1, 0.15) is 11.3 Å². The number of hydrogen-bond acceptors (Lipinski definition) is 2. The minimum Gasteiger partial charge on any atom is -0.469 e. The molecule has 1 aromatic carbocycles. The average Bonchev–Trinajstić information content (AvgIpc) is 2.76. The molecular formula is C13H12BrNO2. The number of carbonyl (C=O) groups excluding carboxylic acids is 1. The van der Waals surface area contributed by atoms with Gasteiger partial charge in [0.05, 0.1) is 12.7 Å². The molecule has 0 fully saturated rings. The van der Waals surface area contributed by atoms with E-state index in [-0.39, 0.29) is 12.3 Å². The maximum absolute atomic E-state index is 11.7. The van der Waals surface area contributed by atoms with Crippen molar-refractivity contribution in [3.8, 4) is 0 Å². The molecule has 0 spiro atoms. The molecule has 2 rings (SSSR count). The van der Waals surface area contributed by atoms with Gasteiger partial charge < -0.3 is 9.73 Å². The van der Waals surface area contributed by atoms with Crippen LogP contribution in [0.3, 0.4) is 0 Å². The molecule has 1 amide bonds. The predicted molar refractivity (Wildman–Crippen MR) is 69.9 cm³/mol. The number of hydrogen-bond donors (Lipinski definition) is 1. The molecule has 0 aliphatic rings. The number of anilines is 1. The topological polar surface area (TPSA) is 42.2 Å². The summed E-state index contributed by atoms with van der Waals surface area (Å²) in [5.41, 5.74) is 1.88. The van der Waals surface area contributed by atoms with E-state index in [1.54, 1.807) is 18.4 Å². The van der Waals surface area contributed by atoms with Crippen molar-refractivity contribution < 1.29 is 9.21 Å². The summed E-state index contributed by atoms with van der Waals surface area (Å²) in [6.45, 7) is 1.98. The van der Waals surface area contributed by atoms with Crippen LogP contribution in [0.5, 0.6) is 0 Å². The van der Waals surface area contributed by atoms with Crippen molar-refractivity contribution in [3.05, 3.63) is 52.4 Å². The van der Waals surface area contributed by atoms with Crippen LogP contribution >= 0.6 is 15.9 Å². The number of aryl methyl sites for hydroxylation is 1. The van der Waals surface area contributed by atoms with Crippen LogP contribution < -0.4 is 5.32 Å². The van der Waals surface area contributed by atoms with E-state index >= 15 is 0 Å². The van der Waals surface area contributed by atoms with Crippen molar-refractivity contribution in [2.24, 2.45) is 0 Å². The van der Waals surface area contributed by atoms with Gasteiger partial charge in [-0.25, -0.2) is 0 Å². The first-order valence-electron chi connectivity index (χ1n) is 5.23. The summed E-state index contributed by atoms with van der Waals surface area (Å²) >= 11 is 3.42. The van der Waals surface area contributed by atoms with E-state index in [0.717, 1.165) is 15.7 Å². The summed E-state index contributed by atoms with van der Waals surface area (Å²) in [5, 5.41) is 2.83. The number of amides is 1. The van der Waals surface area contributed by atoms with Gasteiger partial charge in [0.15, 0.2) is 0 Å². The van der Waals surface area contributed by atoms with E-state index in [9.17, 15) is 4.79 Å². The third-order valence-corrected chi connectivity index (χ3v) is 3.25. The van der Waals surface area contributed by atoms with E-state index in [1.807, 2.05) is 25.1 Å². The average molecular weight is 294 g/mol. The second-order valence-electron chi connectivity index (χ2n) is 3.77. The molecule has 17 heavy (non-hydrogen) atoms. The quantitative estimate of drug-likeness (QED) is 0.941. The fraction of sp³-hybridized carbons (Fsp3) is 0.154. The summed E-state index contributed by atoms with van der Waals surface area (Å²) in [7, 11) is 0. The van der Waals surface area contributed by atoms with Crippen molar-refractivity contribution in [1.29, 1.82) is 0 Å². The number of carbonyl (C=O) groups is 1. The lowest BCUT2D eigenvalue weighted by molar-refractivity contribution is -0.115. The Morgan fingerprint density at radius 2 is 2.24 bits per heavy atom. The van der Waals surface area contributed by atoms with Crippen LogP contribution in [0.4, 0.5) is 5.69 Å². The third-order valence-electron chi connectivity index (χ3n) is 2.36. The molecular weight excluding hydrogens is 282 g/mol. The zero-order chi connectivity index (χ0) is 12.3. The molecule has 0 bridgehead atoms. The first-order valence-corrected chi connectivity index (χ1v) is 6.03. The fourth-order valence-corrected chi connectivity index (χ4v) is 1.75. The number of benzene rings is 1. The lowest BCUT2D eigenvalue weighted by Crippen LogP contribution is -2.14. The van der Waals surface area contributed by atoms with E-state index in [4.69, 9.17) is 4.42 Å². The molecule has 0 unspecified atom stereocenters. The van der Waals surface area contributed by atoms with Gasteiger partial charge in [0.25, 0.3) is 0 Å². The van der Waals surface area contributed by atoms with Gasteiger partial charge >= 0.3 is 0 Å². The highest BCUT2D eigenvalue weighted by Gasteiger charge is 2.06. The van der Waals surface area contributed by atoms with Crippen LogP contribution in [0, 0.1) is 6.92 Å². The second kappa shape index (κ2) is 5.19. The van der Waals surface area contributed by atoms with E-state index in [2.05, 4.69) is 21.2 Å². The molecule has 1 aromatic heterocycles. The van der Waals surface area contributed by atoms with Gasteiger partial charge in [0, 0.05) is 10.2 Å². The van der Waals surface area contributed by atoms with Crippen molar-refractivity contribution in [2.75, 3.05) is 5.32 Å². The highest BCUT2D eigenvalue weighted by Crippen LogP contribution is 2.20. The standard InChI is InChI=1S/C13H12BrNO2/c1-9-7-10(4-5-12(9)14)15-13(16)8-11-3-2-6-17-11/h2-7H,8H2,1H3,(H,15,16). The Kier molecular flexibility index (Phi) is 3.64. The molecule has 1 N–H and O–H groups in total. The van der Waals surface area contributed by atoms with Gasteiger partial charge in [-0.15, -0.1) is 0 Å². The molecule has 0 atom stereocenters. The lowest BCUT2D eigenvalue weighted by Gasteiger charge is -2.06. The van der Waals surface area contributed by atoms with Crippen molar-refractivity contribution >= 4 is 27.5 Å². The van der Waals surface area contributed by atoms with Gasteiger partial charge in [-0.3, -0.25) is 4.79 Å². The normalized spacial score (nSPS) is 10.2. The van der Waals surface area contributed by atoms with Gasteiger partial charge in [0.2, 0.25) is 5.91 Å². The minimum absolute atomic E-state index is 0.0818. The zero-order valence-corrected chi connectivity index (χ0v) is 11.0. The molecule has 3 nitrogen and oxygen atoms in total. The van der Waals surface area contributed by atoms with Gasteiger partial charge in [-0.2, -0.15) is 0 Å². The number of nitrogens with one attached hydrogen (secondary N) is 1. The smallest absolute Gasteiger partial charge is 0.231 e. The monoisotopic (exact) mass is 293 g/mol. The molecule has 0 saturated heterocycles. The van der Waals surface area contributed by atoms with Gasteiger partial charge in [-0.05, 0) is 42.8 Å². The Hall–Kier alpha value is -1.55. The van der Waals surface area contributed by atoms with E-state index in [0.29, 0.717) is 5.76 Å². The zero-order valence-electron chi connectivity index (χ0n) is 9.37. The lowest BCUT2D eigenvalue weighted by atomic mass is 10.2. The maximum atomic E-state index is 11.7. The van der Waals surface area contributed by atoms with Crippen molar-refractivity contribution in [3.63, 3.8) is 0 Å². The largest absolute Gasteiger partial charge is 0.469 e. The number of rotatable bonds is 3. The number of halogens is 1. The first kappa shape index (κ1) is 11.9. The van der Waals surface area contributed by atoms with E-state index in [1.165, 1.54) is 0 Å². The SMILES string of the molecule is Cc1cc(NC(=O)Cc2ccco2)ccc1Br. The molecule has 1 heterocycles. The Morgan fingerprint density at radius 1 is 1.41 bits per heavy atom. The molecule has 0 radical (unpaired) electrons. The predicted octanol–water partition coefficient (Wildman–Crippen LogP) is 3.53. The Bertz CT molecular complexity index is 520. The molecule has 88 valence electrons. The maximum Gasteiger partial charge on any atom is 0.231 e. The summed E-state index contributed by atoms with van der Waals surface area (Å²) < 4.78 is 6.15. The van der Waals surface area contributed by atoms with Crippen LogP contribution in [-0.2, 0) is 11.2 Å². The van der Waals surface area contributed by atoms with Crippen LogP contribution in [0.25, 0.3) is 0 Å². The van der Waals surface area contributed by atoms with Crippen LogP contribution in [-0.4, -0.2) is 5.91 Å².